The Hall–Kier alpha value is -2.27. The Bertz CT molecular complexity index is 1220. The van der Waals surface area contributed by atoms with Crippen LogP contribution in [0, 0.1) is 5.92 Å². The normalized spacial score (nSPS) is 22.3. The second-order valence-electron chi connectivity index (χ2n) is 9.82. The van der Waals surface area contributed by atoms with Gasteiger partial charge in [-0.05, 0) is 62.2 Å². The van der Waals surface area contributed by atoms with Crippen molar-refractivity contribution in [1.29, 1.82) is 0 Å². The Morgan fingerprint density at radius 3 is 2.69 bits per heavy atom. The second-order valence-corrected chi connectivity index (χ2v) is 10.6. The van der Waals surface area contributed by atoms with Gasteiger partial charge < -0.3 is 9.64 Å². The molecular weight excluding hydrogens is 477 g/mol. The SMILES string of the molecule is CCOc1ccccc1-c1ccc2c(n1)CN(C)CC21CCN(c2cccc(Cl)c2Cl)CC1CC. The molecule has 4 nitrogen and oxygen atoms in total. The van der Waals surface area contributed by atoms with E-state index < -0.39 is 0 Å². The summed E-state index contributed by atoms with van der Waals surface area (Å²) >= 11 is 13.0. The lowest BCUT2D eigenvalue weighted by atomic mass is 9.62. The molecule has 35 heavy (non-hydrogen) atoms. The molecule has 1 saturated heterocycles. The molecule has 2 aliphatic heterocycles. The number of rotatable bonds is 5. The van der Waals surface area contributed by atoms with E-state index in [9.17, 15) is 0 Å². The van der Waals surface area contributed by atoms with Crippen LogP contribution in [0.25, 0.3) is 11.3 Å². The molecule has 3 aromatic rings. The highest BCUT2D eigenvalue weighted by Gasteiger charge is 2.48. The van der Waals surface area contributed by atoms with Gasteiger partial charge in [0, 0.05) is 37.2 Å². The van der Waals surface area contributed by atoms with Gasteiger partial charge in [-0.3, -0.25) is 9.88 Å². The van der Waals surface area contributed by atoms with Crippen LogP contribution >= 0.6 is 23.2 Å². The zero-order chi connectivity index (χ0) is 24.6. The van der Waals surface area contributed by atoms with E-state index in [1.54, 1.807) is 0 Å². The van der Waals surface area contributed by atoms with E-state index in [0.29, 0.717) is 22.6 Å². The number of ether oxygens (including phenoxy) is 1. The van der Waals surface area contributed by atoms with Crippen LogP contribution in [-0.2, 0) is 12.0 Å². The molecule has 1 aromatic heterocycles. The van der Waals surface area contributed by atoms with Crippen molar-refractivity contribution in [3.05, 3.63) is 75.9 Å². The Labute approximate surface area is 218 Å². The van der Waals surface area contributed by atoms with Crippen molar-refractivity contribution in [3.8, 4) is 17.0 Å². The maximum atomic E-state index is 6.61. The maximum Gasteiger partial charge on any atom is 0.128 e. The van der Waals surface area contributed by atoms with Gasteiger partial charge in [0.2, 0.25) is 0 Å². The Morgan fingerprint density at radius 1 is 1.06 bits per heavy atom. The lowest BCUT2D eigenvalue weighted by molar-refractivity contribution is 0.121. The molecule has 184 valence electrons. The lowest BCUT2D eigenvalue weighted by Gasteiger charge is -2.53. The standard InChI is InChI=1S/C29H33Cl2N3O/c1-4-20-17-34(26-11-8-10-23(30)28(26)31)16-15-29(20)19-33(3)18-25-22(29)13-14-24(32-25)21-9-6-7-12-27(21)35-5-2/h6-14,20H,4-5,15-19H2,1-3H3. The summed E-state index contributed by atoms with van der Waals surface area (Å²) in [6.07, 6.45) is 2.15. The number of benzene rings is 2. The number of aromatic nitrogens is 1. The molecule has 2 aliphatic rings. The van der Waals surface area contributed by atoms with E-state index in [2.05, 4.69) is 54.1 Å². The first kappa shape index (κ1) is 24.4. The molecule has 0 amide bonds. The van der Waals surface area contributed by atoms with Gasteiger partial charge in [0.15, 0.2) is 0 Å². The third-order valence-electron chi connectivity index (χ3n) is 7.76. The fourth-order valence-corrected chi connectivity index (χ4v) is 6.59. The molecular formula is C29H33Cl2N3O. The fraction of sp³-hybridized carbons (Fsp3) is 0.414. The van der Waals surface area contributed by atoms with Crippen LogP contribution < -0.4 is 9.64 Å². The zero-order valence-electron chi connectivity index (χ0n) is 20.7. The van der Waals surface area contributed by atoms with Gasteiger partial charge in [0.05, 0.1) is 33.7 Å². The molecule has 0 aliphatic carbocycles. The predicted octanol–water partition coefficient (Wildman–Crippen LogP) is 7.07. The Balaban J connectivity index is 1.52. The van der Waals surface area contributed by atoms with Gasteiger partial charge in [-0.2, -0.15) is 0 Å². The quantitative estimate of drug-likeness (QED) is 0.367. The minimum atomic E-state index is 0.0730. The van der Waals surface area contributed by atoms with Gasteiger partial charge in [-0.1, -0.05) is 60.8 Å². The van der Waals surface area contributed by atoms with Gasteiger partial charge >= 0.3 is 0 Å². The molecule has 2 aromatic carbocycles. The molecule has 0 bridgehead atoms. The summed E-state index contributed by atoms with van der Waals surface area (Å²) in [5, 5.41) is 1.27. The van der Waals surface area contributed by atoms with Crippen molar-refractivity contribution in [2.75, 3.05) is 38.2 Å². The van der Waals surface area contributed by atoms with Crippen LogP contribution in [0.4, 0.5) is 5.69 Å². The number of likely N-dealkylation sites (N-methyl/N-ethyl adjacent to an activating group) is 1. The van der Waals surface area contributed by atoms with Crippen molar-refractivity contribution in [2.24, 2.45) is 5.92 Å². The highest BCUT2D eigenvalue weighted by atomic mass is 35.5. The van der Waals surface area contributed by atoms with Gasteiger partial charge in [-0.15, -0.1) is 0 Å². The number of para-hydroxylation sites is 1. The van der Waals surface area contributed by atoms with Crippen molar-refractivity contribution in [2.45, 2.75) is 38.6 Å². The minimum absolute atomic E-state index is 0.0730. The molecule has 0 N–H and O–H groups in total. The topological polar surface area (TPSA) is 28.6 Å². The number of fused-ring (bicyclic) bond motifs is 2. The average Bonchev–Trinajstić information content (AvgIpc) is 2.86. The van der Waals surface area contributed by atoms with Gasteiger partial charge in [0.1, 0.15) is 5.75 Å². The van der Waals surface area contributed by atoms with E-state index in [4.69, 9.17) is 32.9 Å². The predicted molar refractivity (Wildman–Crippen MR) is 146 cm³/mol. The van der Waals surface area contributed by atoms with Crippen LogP contribution in [0.5, 0.6) is 5.75 Å². The van der Waals surface area contributed by atoms with E-state index in [1.165, 1.54) is 11.3 Å². The number of anilines is 1. The van der Waals surface area contributed by atoms with Crippen LogP contribution in [0.2, 0.25) is 10.0 Å². The first-order valence-electron chi connectivity index (χ1n) is 12.6. The maximum absolute atomic E-state index is 6.61. The van der Waals surface area contributed by atoms with Crippen molar-refractivity contribution in [1.82, 2.24) is 9.88 Å². The summed E-state index contributed by atoms with van der Waals surface area (Å²) in [5.74, 6) is 1.37. The van der Waals surface area contributed by atoms with E-state index in [0.717, 1.165) is 61.7 Å². The first-order valence-corrected chi connectivity index (χ1v) is 13.3. The molecule has 2 unspecified atom stereocenters. The van der Waals surface area contributed by atoms with Crippen molar-refractivity contribution < 1.29 is 4.74 Å². The number of piperidine rings is 1. The summed E-state index contributed by atoms with van der Waals surface area (Å²) in [5.41, 5.74) is 5.75. The molecule has 1 fully saturated rings. The largest absolute Gasteiger partial charge is 0.493 e. The van der Waals surface area contributed by atoms with E-state index in [-0.39, 0.29) is 5.41 Å². The highest BCUT2D eigenvalue weighted by molar-refractivity contribution is 6.43. The minimum Gasteiger partial charge on any atom is -0.493 e. The molecule has 5 rings (SSSR count). The van der Waals surface area contributed by atoms with Crippen LogP contribution in [0.15, 0.2) is 54.6 Å². The fourth-order valence-electron chi connectivity index (χ4n) is 6.17. The Morgan fingerprint density at radius 2 is 1.89 bits per heavy atom. The molecule has 0 saturated carbocycles. The van der Waals surface area contributed by atoms with Crippen LogP contribution in [0.3, 0.4) is 0 Å². The third-order valence-corrected chi connectivity index (χ3v) is 8.57. The highest BCUT2D eigenvalue weighted by Crippen LogP contribution is 2.48. The molecule has 3 heterocycles. The molecule has 1 spiro atoms. The summed E-state index contributed by atoms with van der Waals surface area (Å²) in [4.78, 5) is 10.1. The molecule has 0 radical (unpaired) electrons. The van der Waals surface area contributed by atoms with Gasteiger partial charge in [0.25, 0.3) is 0 Å². The summed E-state index contributed by atoms with van der Waals surface area (Å²) in [6, 6.07) is 18.7. The number of hydrogen-bond donors (Lipinski definition) is 0. The summed E-state index contributed by atoms with van der Waals surface area (Å²) in [6.45, 7) is 8.78. The number of halogens is 2. The molecule has 2 atom stereocenters. The summed E-state index contributed by atoms with van der Waals surface area (Å²) in [7, 11) is 2.22. The third kappa shape index (κ3) is 4.41. The monoisotopic (exact) mass is 509 g/mol. The molecule has 6 heteroatoms. The van der Waals surface area contributed by atoms with Crippen LogP contribution in [-0.4, -0.2) is 43.2 Å². The van der Waals surface area contributed by atoms with Gasteiger partial charge in [-0.25, -0.2) is 0 Å². The van der Waals surface area contributed by atoms with Crippen LogP contribution in [0.1, 0.15) is 37.9 Å². The number of pyridine rings is 1. The Kier molecular flexibility index (Phi) is 6.98. The lowest BCUT2D eigenvalue weighted by Crippen LogP contribution is -2.57. The average molecular weight is 511 g/mol. The number of hydrogen-bond acceptors (Lipinski definition) is 4. The van der Waals surface area contributed by atoms with Crippen molar-refractivity contribution in [3.63, 3.8) is 0 Å². The second kappa shape index (κ2) is 10.0. The first-order chi connectivity index (χ1) is 17.0. The van der Waals surface area contributed by atoms with E-state index in [1.807, 2.05) is 31.2 Å². The van der Waals surface area contributed by atoms with Crippen molar-refractivity contribution >= 4 is 28.9 Å². The van der Waals surface area contributed by atoms with E-state index >= 15 is 0 Å². The number of nitrogens with zero attached hydrogens (tertiary/aromatic N) is 3. The smallest absolute Gasteiger partial charge is 0.128 e. The zero-order valence-corrected chi connectivity index (χ0v) is 22.2. The summed E-state index contributed by atoms with van der Waals surface area (Å²) < 4.78 is 5.90.